The minimum atomic E-state index is -0.994. The Bertz CT molecular complexity index is 1120. The molecule has 4 amide bonds. The van der Waals surface area contributed by atoms with Gasteiger partial charge in [-0.15, -0.1) is 0 Å². The van der Waals surface area contributed by atoms with Crippen LogP contribution in [0.3, 0.4) is 0 Å². The third-order valence-electron chi connectivity index (χ3n) is 7.04. The zero-order valence-corrected chi connectivity index (χ0v) is 21.6. The minimum absolute atomic E-state index is 0.253. The number of aromatic nitrogens is 1. The largest absolute Gasteiger partial charge is 0.451 e. The molecule has 0 radical (unpaired) electrons. The molecule has 194 valence electrons. The fraction of sp³-hybridized carbons (Fsp3) is 0.577. The number of urea groups is 1. The number of ether oxygens (including phenoxy) is 1. The maximum atomic E-state index is 12.8. The number of hydrogen-bond donors (Lipinski definition) is 2. The van der Waals surface area contributed by atoms with Crippen LogP contribution >= 0.6 is 0 Å². The summed E-state index contributed by atoms with van der Waals surface area (Å²) in [6.07, 6.45) is 5.06. The van der Waals surface area contributed by atoms with Crippen molar-refractivity contribution in [1.29, 1.82) is 5.26 Å². The van der Waals surface area contributed by atoms with Crippen LogP contribution in [0, 0.1) is 37.0 Å². The van der Waals surface area contributed by atoms with Crippen LogP contribution < -0.4 is 10.7 Å². The first-order chi connectivity index (χ1) is 17.0. The van der Waals surface area contributed by atoms with Gasteiger partial charge in [0.15, 0.2) is 6.61 Å². The number of esters is 1. The monoisotopic (exact) mass is 497 g/mol. The number of carbonyl (C=O) groups excluding carboxylic acids is 4. The number of nitrogens with one attached hydrogen (secondary N) is 2. The summed E-state index contributed by atoms with van der Waals surface area (Å²) in [5, 5.41) is 12.8. The van der Waals surface area contributed by atoms with Crippen molar-refractivity contribution in [3.05, 3.63) is 28.6 Å². The summed E-state index contributed by atoms with van der Waals surface area (Å²) >= 11 is 0. The summed E-state index contributed by atoms with van der Waals surface area (Å²) in [5.74, 6) is -1.31. The second kappa shape index (κ2) is 11.0. The molecule has 1 saturated heterocycles. The number of aryl methyl sites for hydroxylation is 1. The van der Waals surface area contributed by atoms with Crippen molar-refractivity contribution in [1.82, 2.24) is 20.3 Å². The zero-order chi connectivity index (χ0) is 26.6. The lowest BCUT2D eigenvalue weighted by Gasteiger charge is -2.33. The van der Waals surface area contributed by atoms with E-state index in [2.05, 4.69) is 36.1 Å². The van der Waals surface area contributed by atoms with Crippen molar-refractivity contribution in [2.75, 3.05) is 6.61 Å². The molecule has 1 aliphatic carbocycles. The van der Waals surface area contributed by atoms with E-state index in [-0.39, 0.29) is 5.57 Å². The lowest BCUT2D eigenvalue weighted by Crippen LogP contribution is -2.52. The molecule has 36 heavy (non-hydrogen) atoms. The van der Waals surface area contributed by atoms with E-state index < -0.39 is 36.0 Å². The van der Waals surface area contributed by atoms with E-state index in [0.717, 1.165) is 42.8 Å². The molecule has 2 heterocycles. The van der Waals surface area contributed by atoms with Crippen LogP contribution in [-0.2, 0) is 25.7 Å². The molecular formula is C26H35N5O5. The number of imide groups is 1. The average Bonchev–Trinajstić information content (AvgIpc) is 3.22. The van der Waals surface area contributed by atoms with Crippen molar-refractivity contribution < 1.29 is 23.9 Å². The zero-order valence-electron chi connectivity index (χ0n) is 21.6. The quantitative estimate of drug-likeness (QED) is 0.245. The van der Waals surface area contributed by atoms with Gasteiger partial charge >= 0.3 is 12.0 Å². The SMILES string of the molecule is Cc1cc(C=C(C#N)C(=O)OCC(=O)NN2C(=O)NC3(CCC(C)CC3)C2=O)c(C)n1CCC(C)C. The molecule has 1 aromatic rings. The van der Waals surface area contributed by atoms with Crippen LogP contribution in [0.15, 0.2) is 11.6 Å². The highest BCUT2D eigenvalue weighted by Gasteiger charge is 2.52. The molecule has 0 aromatic carbocycles. The van der Waals surface area contributed by atoms with E-state index in [1.807, 2.05) is 26.0 Å². The lowest BCUT2D eigenvalue weighted by molar-refractivity contribution is -0.147. The number of amides is 4. The van der Waals surface area contributed by atoms with Crippen LogP contribution in [0.2, 0.25) is 0 Å². The van der Waals surface area contributed by atoms with Gasteiger partial charge in [-0.25, -0.2) is 9.59 Å². The summed E-state index contributed by atoms with van der Waals surface area (Å²) in [4.78, 5) is 50.0. The highest BCUT2D eigenvalue weighted by Crippen LogP contribution is 2.35. The van der Waals surface area contributed by atoms with Crippen LogP contribution in [0.4, 0.5) is 4.79 Å². The first kappa shape index (κ1) is 27.0. The van der Waals surface area contributed by atoms with Crippen LogP contribution in [0.1, 0.15) is 69.8 Å². The molecular weight excluding hydrogens is 462 g/mol. The van der Waals surface area contributed by atoms with E-state index in [4.69, 9.17) is 4.74 Å². The third-order valence-corrected chi connectivity index (χ3v) is 7.04. The second-order valence-corrected chi connectivity index (χ2v) is 10.3. The van der Waals surface area contributed by atoms with Crippen LogP contribution in [0.5, 0.6) is 0 Å². The van der Waals surface area contributed by atoms with Gasteiger partial charge in [-0.2, -0.15) is 10.3 Å². The minimum Gasteiger partial charge on any atom is -0.451 e. The number of hydrogen-bond acceptors (Lipinski definition) is 6. The predicted molar refractivity (Wildman–Crippen MR) is 132 cm³/mol. The summed E-state index contributed by atoms with van der Waals surface area (Å²) < 4.78 is 7.13. The van der Waals surface area contributed by atoms with Gasteiger partial charge in [-0.05, 0) is 75.5 Å². The van der Waals surface area contributed by atoms with Gasteiger partial charge in [-0.1, -0.05) is 20.8 Å². The summed E-state index contributed by atoms with van der Waals surface area (Å²) in [6.45, 7) is 10.4. The van der Waals surface area contributed by atoms with Crippen LogP contribution in [-0.4, -0.2) is 45.5 Å². The molecule has 0 unspecified atom stereocenters. The van der Waals surface area contributed by atoms with Crippen molar-refractivity contribution in [2.45, 2.75) is 78.8 Å². The Morgan fingerprint density at radius 1 is 1.31 bits per heavy atom. The number of nitriles is 1. The molecule has 0 atom stereocenters. The maximum absolute atomic E-state index is 12.8. The van der Waals surface area contributed by atoms with Gasteiger partial charge in [-0.3, -0.25) is 15.0 Å². The normalized spacial score (nSPS) is 22.1. The molecule has 2 N–H and O–H groups in total. The van der Waals surface area contributed by atoms with E-state index in [1.54, 1.807) is 0 Å². The molecule has 3 rings (SSSR count). The molecule has 0 bridgehead atoms. The Morgan fingerprint density at radius 3 is 2.58 bits per heavy atom. The maximum Gasteiger partial charge on any atom is 0.349 e. The Labute approximate surface area is 211 Å². The van der Waals surface area contributed by atoms with Gasteiger partial charge in [0.25, 0.3) is 11.8 Å². The molecule has 2 fully saturated rings. The highest BCUT2D eigenvalue weighted by atomic mass is 16.5. The lowest BCUT2D eigenvalue weighted by atomic mass is 9.77. The summed E-state index contributed by atoms with van der Waals surface area (Å²) in [7, 11) is 0. The fourth-order valence-electron chi connectivity index (χ4n) is 4.68. The van der Waals surface area contributed by atoms with E-state index >= 15 is 0 Å². The first-order valence-corrected chi connectivity index (χ1v) is 12.4. The molecule has 2 aliphatic rings. The second-order valence-electron chi connectivity index (χ2n) is 10.3. The average molecular weight is 498 g/mol. The highest BCUT2D eigenvalue weighted by molar-refractivity contribution is 6.08. The Morgan fingerprint density at radius 2 is 1.97 bits per heavy atom. The molecule has 10 heteroatoms. The Hall–Kier alpha value is -3.61. The van der Waals surface area contributed by atoms with E-state index in [0.29, 0.717) is 29.7 Å². The van der Waals surface area contributed by atoms with Crippen molar-refractivity contribution in [3.8, 4) is 6.07 Å². The first-order valence-electron chi connectivity index (χ1n) is 12.4. The van der Waals surface area contributed by atoms with E-state index in [9.17, 15) is 24.4 Å². The Kier molecular flexibility index (Phi) is 8.23. The molecule has 1 saturated carbocycles. The fourth-order valence-corrected chi connectivity index (χ4v) is 4.68. The van der Waals surface area contributed by atoms with Gasteiger partial charge in [0, 0.05) is 17.9 Å². The van der Waals surface area contributed by atoms with Crippen molar-refractivity contribution in [3.63, 3.8) is 0 Å². The summed E-state index contributed by atoms with van der Waals surface area (Å²) in [6, 6.07) is 3.01. The van der Waals surface area contributed by atoms with Gasteiger partial charge in [0.05, 0.1) is 0 Å². The predicted octanol–water partition coefficient (Wildman–Crippen LogP) is 3.13. The van der Waals surface area contributed by atoms with Gasteiger partial charge in [0.1, 0.15) is 17.2 Å². The molecule has 10 nitrogen and oxygen atoms in total. The van der Waals surface area contributed by atoms with Crippen LogP contribution in [0.25, 0.3) is 6.08 Å². The smallest absolute Gasteiger partial charge is 0.349 e. The number of hydrazine groups is 1. The van der Waals surface area contributed by atoms with Gasteiger partial charge < -0.3 is 14.6 Å². The van der Waals surface area contributed by atoms with E-state index in [1.165, 1.54) is 6.08 Å². The molecule has 1 spiro atoms. The summed E-state index contributed by atoms with van der Waals surface area (Å²) in [5.41, 5.74) is 3.64. The topological polar surface area (TPSA) is 134 Å². The van der Waals surface area contributed by atoms with Crippen molar-refractivity contribution in [2.24, 2.45) is 11.8 Å². The number of rotatable bonds is 8. The number of nitrogens with zero attached hydrogens (tertiary/aromatic N) is 3. The standard InChI is InChI=1S/C26H35N5O5/c1-16(2)8-11-30-18(4)12-20(19(30)5)13-21(14-27)23(33)36-15-22(32)29-31-24(34)26(28-25(31)35)9-6-17(3)7-10-26/h12-13,16-17H,6-11,15H2,1-5H3,(H,28,35)(H,29,32). The molecule has 1 aliphatic heterocycles. The Balaban J connectivity index is 1.60. The number of carbonyl (C=O) groups is 4. The van der Waals surface area contributed by atoms with Gasteiger partial charge in [0.2, 0.25) is 0 Å². The third kappa shape index (κ3) is 5.78. The van der Waals surface area contributed by atoms with Crippen molar-refractivity contribution >= 4 is 29.9 Å². The molecule has 1 aromatic heterocycles.